The average molecular weight is 344 g/mol. The molecule has 2 nitrogen and oxygen atoms in total. The number of benzene rings is 3. The van der Waals surface area contributed by atoms with E-state index < -0.39 is 5.97 Å². The topological polar surface area (TPSA) is 37.3 Å². The summed E-state index contributed by atoms with van der Waals surface area (Å²) in [6, 6.07) is 18.4. The molecule has 0 unspecified atom stereocenters. The van der Waals surface area contributed by atoms with Crippen molar-refractivity contribution >= 4 is 16.7 Å². The van der Waals surface area contributed by atoms with Crippen LogP contribution in [0.4, 0.5) is 0 Å². The number of fused-ring (bicyclic) bond motifs is 2. The van der Waals surface area contributed by atoms with Crippen LogP contribution in [-0.4, -0.2) is 11.1 Å². The van der Waals surface area contributed by atoms with Crippen LogP contribution in [0.2, 0.25) is 0 Å². The highest BCUT2D eigenvalue weighted by Crippen LogP contribution is 2.50. The van der Waals surface area contributed by atoms with Crippen LogP contribution in [0.1, 0.15) is 55.6 Å². The Balaban J connectivity index is 1.81. The Bertz CT molecular complexity index is 1040. The molecule has 1 aliphatic carbocycles. The first kappa shape index (κ1) is 16.8. The number of hydrogen-bond donors (Lipinski definition) is 1. The minimum absolute atomic E-state index is 0.183. The number of carboxylic acid groups (broad SMARTS) is 1. The maximum Gasteiger partial charge on any atom is 0.335 e. The summed E-state index contributed by atoms with van der Waals surface area (Å²) in [7, 11) is 0. The van der Waals surface area contributed by atoms with Crippen LogP contribution >= 0.6 is 0 Å². The van der Waals surface area contributed by atoms with E-state index in [1.807, 2.05) is 12.1 Å². The highest BCUT2D eigenvalue weighted by molar-refractivity contribution is 5.95. The summed E-state index contributed by atoms with van der Waals surface area (Å²) in [5, 5.41) is 11.2. The molecular formula is C24H24O2. The fraction of sp³-hybridized carbons (Fsp3) is 0.292. The van der Waals surface area contributed by atoms with E-state index >= 15 is 0 Å². The first-order chi connectivity index (χ1) is 12.2. The molecule has 0 spiro atoms. The van der Waals surface area contributed by atoms with E-state index in [0.29, 0.717) is 5.56 Å². The van der Waals surface area contributed by atoms with Gasteiger partial charge in [0.15, 0.2) is 0 Å². The Hall–Kier alpha value is -2.61. The lowest BCUT2D eigenvalue weighted by Gasteiger charge is -2.22. The summed E-state index contributed by atoms with van der Waals surface area (Å²) < 4.78 is 0. The largest absolute Gasteiger partial charge is 0.478 e. The van der Waals surface area contributed by atoms with E-state index in [1.165, 1.54) is 22.3 Å². The third-order valence-corrected chi connectivity index (χ3v) is 5.78. The molecule has 3 aromatic rings. The molecule has 0 atom stereocenters. The van der Waals surface area contributed by atoms with Crippen molar-refractivity contribution < 1.29 is 9.90 Å². The molecule has 0 aromatic heterocycles. The lowest BCUT2D eigenvalue weighted by atomic mass is 9.82. The molecule has 132 valence electrons. The highest BCUT2D eigenvalue weighted by atomic mass is 16.4. The van der Waals surface area contributed by atoms with Crippen molar-refractivity contribution in [3.05, 3.63) is 71.3 Å². The summed E-state index contributed by atoms with van der Waals surface area (Å²) in [6.07, 6.45) is 1.16. The second-order valence-corrected chi connectivity index (χ2v) is 8.79. The van der Waals surface area contributed by atoms with Crippen molar-refractivity contribution in [2.45, 2.75) is 44.9 Å². The second kappa shape index (κ2) is 5.44. The summed E-state index contributed by atoms with van der Waals surface area (Å²) in [5.41, 5.74) is 6.02. The molecule has 3 aromatic carbocycles. The molecule has 0 amide bonds. The van der Waals surface area contributed by atoms with E-state index in [4.69, 9.17) is 5.11 Å². The lowest BCUT2D eigenvalue weighted by molar-refractivity contribution is 0.0697. The molecule has 0 fully saturated rings. The van der Waals surface area contributed by atoms with Crippen molar-refractivity contribution in [1.29, 1.82) is 0 Å². The SMILES string of the molecule is CC1(C)CC(C)(C)c2cc(-c3ccc4cc(C(=O)O)ccc4c3)ccc21. The Morgan fingerprint density at radius 2 is 1.35 bits per heavy atom. The number of aromatic carboxylic acids is 1. The summed E-state index contributed by atoms with van der Waals surface area (Å²) >= 11 is 0. The molecule has 0 bridgehead atoms. The predicted molar refractivity (Wildman–Crippen MR) is 107 cm³/mol. The zero-order valence-electron chi connectivity index (χ0n) is 15.8. The van der Waals surface area contributed by atoms with Gasteiger partial charge in [0.05, 0.1) is 5.56 Å². The quantitative estimate of drug-likeness (QED) is 0.604. The van der Waals surface area contributed by atoms with Gasteiger partial charge < -0.3 is 5.11 Å². The van der Waals surface area contributed by atoms with E-state index in [9.17, 15) is 4.79 Å². The maximum atomic E-state index is 11.2. The van der Waals surface area contributed by atoms with Crippen molar-refractivity contribution in [3.63, 3.8) is 0 Å². The number of carbonyl (C=O) groups is 1. The van der Waals surface area contributed by atoms with Gasteiger partial charge >= 0.3 is 5.97 Å². The van der Waals surface area contributed by atoms with Gasteiger partial charge in [0.1, 0.15) is 0 Å². The van der Waals surface area contributed by atoms with Crippen molar-refractivity contribution in [3.8, 4) is 11.1 Å². The zero-order valence-corrected chi connectivity index (χ0v) is 15.8. The molecule has 26 heavy (non-hydrogen) atoms. The van der Waals surface area contributed by atoms with E-state index in [2.05, 4.69) is 58.0 Å². The molecule has 0 radical (unpaired) electrons. The van der Waals surface area contributed by atoms with Gasteiger partial charge in [-0.25, -0.2) is 4.79 Å². The van der Waals surface area contributed by atoms with Gasteiger partial charge in [-0.05, 0) is 68.5 Å². The Kier molecular flexibility index (Phi) is 3.52. The number of carboxylic acids is 1. The Morgan fingerprint density at radius 1 is 0.769 bits per heavy atom. The van der Waals surface area contributed by atoms with Gasteiger partial charge in [0.25, 0.3) is 0 Å². The Morgan fingerprint density at radius 3 is 2.08 bits per heavy atom. The molecule has 0 saturated heterocycles. The molecule has 1 aliphatic rings. The van der Waals surface area contributed by atoms with Crippen LogP contribution in [0.3, 0.4) is 0 Å². The van der Waals surface area contributed by atoms with Crippen LogP contribution in [-0.2, 0) is 10.8 Å². The molecule has 0 saturated carbocycles. The first-order valence-electron chi connectivity index (χ1n) is 9.10. The van der Waals surface area contributed by atoms with Gasteiger partial charge in [-0.1, -0.05) is 64.1 Å². The highest BCUT2D eigenvalue weighted by Gasteiger charge is 2.41. The van der Waals surface area contributed by atoms with Crippen LogP contribution in [0.5, 0.6) is 0 Å². The number of hydrogen-bond acceptors (Lipinski definition) is 1. The normalized spacial score (nSPS) is 17.2. The van der Waals surface area contributed by atoms with E-state index in [1.54, 1.807) is 12.1 Å². The minimum Gasteiger partial charge on any atom is -0.478 e. The van der Waals surface area contributed by atoms with Gasteiger partial charge in [-0.15, -0.1) is 0 Å². The second-order valence-electron chi connectivity index (χ2n) is 8.79. The van der Waals surface area contributed by atoms with Crippen molar-refractivity contribution in [2.24, 2.45) is 0 Å². The smallest absolute Gasteiger partial charge is 0.335 e. The Labute approximate surface area is 154 Å². The van der Waals surface area contributed by atoms with Gasteiger partial charge in [0.2, 0.25) is 0 Å². The molecule has 0 heterocycles. The first-order valence-corrected chi connectivity index (χ1v) is 9.10. The van der Waals surface area contributed by atoms with E-state index in [0.717, 1.165) is 17.2 Å². The molecule has 2 heteroatoms. The average Bonchev–Trinajstić information content (AvgIpc) is 2.78. The fourth-order valence-corrected chi connectivity index (χ4v) is 4.73. The van der Waals surface area contributed by atoms with Crippen molar-refractivity contribution in [2.75, 3.05) is 0 Å². The lowest BCUT2D eigenvalue weighted by Crippen LogP contribution is -2.17. The summed E-state index contributed by atoms with van der Waals surface area (Å²) in [6.45, 7) is 9.32. The molecule has 4 rings (SSSR count). The van der Waals surface area contributed by atoms with Crippen LogP contribution in [0, 0.1) is 0 Å². The third kappa shape index (κ3) is 2.61. The fourth-order valence-electron chi connectivity index (χ4n) is 4.73. The molecule has 1 N–H and O–H groups in total. The zero-order chi connectivity index (χ0) is 18.7. The number of rotatable bonds is 2. The molecule has 0 aliphatic heterocycles. The minimum atomic E-state index is -0.889. The van der Waals surface area contributed by atoms with Crippen molar-refractivity contribution in [1.82, 2.24) is 0 Å². The van der Waals surface area contributed by atoms with Gasteiger partial charge in [-0.2, -0.15) is 0 Å². The summed E-state index contributed by atoms with van der Waals surface area (Å²) in [4.78, 5) is 11.2. The van der Waals surface area contributed by atoms with Crippen LogP contribution in [0.25, 0.3) is 21.9 Å². The van der Waals surface area contributed by atoms with Crippen LogP contribution in [0.15, 0.2) is 54.6 Å². The van der Waals surface area contributed by atoms with Gasteiger partial charge in [-0.3, -0.25) is 0 Å². The van der Waals surface area contributed by atoms with Gasteiger partial charge in [0, 0.05) is 0 Å². The van der Waals surface area contributed by atoms with E-state index in [-0.39, 0.29) is 10.8 Å². The maximum absolute atomic E-state index is 11.2. The third-order valence-electron chi connectivity index (χ3n) is 5.78. The summed E-state index contributed by atoms with van der Waals surface area (Å²) in [5.74, 6) is -0.889. The predicted octanol–water partition coefficient (Wildman–Crippen LogP) is 6.16. The van der Waals surface area contributed by atoms with Crippen LogP contribution < -0.4 is 0 Å². The standard InChI is InChI=1S/C24H24O2/c1-23(2)14-24(3,4)21-13-18(9-10-20(21)23)16-5-6-17-12-19(22(25)26)8-7-15(17)11-16/h5-13H,14H2,1-4H3,(H,25,26). The molecular weight excluding hydrogens is 320 g/mol. The monoisotopic (exact) mass is 344 g/mol.